The monoisotopic (exact) mass is 316 g/mol. The van der Waals surface area contributed by atoms with Crippen LogP contribution in [0.2, 0.25) is 5.02 Å². The maximum absolute atomic E-state index is 11.5. The number of piperazine rings is 1. The first-order valence-electron chi connectivity index (χ1n) is 6.79. The summed E-state index contributed by atoms with van der Waals surface area (Å²) in [5, 5.41) is 15.4. The summed E-state index contributed by atoms with van der Waals surface area (Å²) in [5.74, 6) is 0.694. The normalized spacial score (nSPS) is 14.7. The Kier molecular flexibility index (Phi) is 3.94. The molecule has 1 fully saturated rings. The molecule has 22 heavy (non-hydrogen) atoms. The second kappa shape index (κ2) is 6.03. The first kappa shape index (κ1) is 14.4. The lowest BCUT2D eigenvalue weighted by Crippen LogP contribution is -2.47. The van der Waals surface area contributed by atoms with Crippen molar-refractivity contribution in [2.24, 2.45) is 0 Å². The van der Waals surface area contributed by atoms with Crippen molar-refractivity contribution in [1.29, 1.82) is 5.26 Å². The van der Waals surface area contributed by atoms with Gasteiger partial charge in [-0.3, -0.25) is 4.79 Å². The van der Waals surface area contributed by atoms with E-state index in [1.54, 1.807) is 24.5 Å². The molecule has 2 aromatic rings. The van der Waals surface area contributed by atoms with Crippen molar-refractivity contribution in [3.8, 4) is 6.07 Å². The molecule has 112 valence electrons. The van der Waals surface area contributed by atoms with Gasteiger partial charge in [-0.1, -0.05) is 11.6 Å². The highest BCUT2D eigenvalue weighted by Crippen LogP contribution is 2.24. The number of hydrogen-bond donors (Lipinski definition) is 1. The van der Waals surface area contributed by atoms with Gasteiger partial charge in [0, 0.05) is 32.4 Å². The number of nitriles is 1. The number of anilines is 2. The molecule has 0 spiro atoms. The highest BCUT2D eigenvalue weighted by Gasteiger charge is 2.22. The molecule has 7 nitrogen and oxygen atoms in total. The Morgan fingerprint density at radius 1 is 1.27 bits per heavy atom. The van der Waals surface area contributed by atoms with Crippen LogP contribution >= 0.6 is 11.6 Å². The number of nitrogens with one attached hydrogen (secondary N) is 1. The van der Waals surface area contributed by atoms with Gasteiger partial charge >= 0.3 is 0 Å². The van der Waals surface area contributed by atoms with Crippen molar-refractivity contribution in [3.63, 3.8) is 0 Å². The molecule has 3 rings (SSSR count). The smallest absolute Gasteiger partial charge is 0.285 e. The molecule has 1 aliphatic heterocycles. The standard InChI is InChI=1S/C14H13ClN6O/c15-12-11(9-18-19-14(12)22)20-4-6-21(7-5-20)13-10(8-16)2-1-3-17-13/h1-3,9H,4-7H2,(H,19,22). The summed E-state index contributed by atoms with van der Waals surface area (Å²) >= 11 is 6.03. The summed E-state index contributed by atoms with van der Waals surface area (Å²) in [6, 6.07) is 5.66. The van der Waals surface area contributed by atoms with Crippen LogP contribution < -0.4 is 15.4 Å². The number of halogens is 1. The predicted octanol–water partition coefficient (Wildman–Crippen LogP) is 1.02. The molecule has 0 aromatic carbocycles. The van der Waals surface area contributed by atoms with Crippen LogP contribution in [0.1, 0.15) is 5.56 Å². The van der Waals surface area contributed by atoms with Gasteiger partial charge in [0.1, 0.15) is 16.9 Å². The van der Waals surface area contributed by atoms with Crippen LogP contribution in [0.15, 0.2) is 29.3 Å². The third-order valence-electron chi connectivity index (χ3n) is 3.60. The van der Waals surface area contributed by atoms with Gasteiger partial charge in [0.2, 0.25) is 0 Å². The lowest BCUT2D eigenvalue weighted by Gasteiger charge is -2.36. The molecule has 0 unspecified atom stereocenters. The molecule has 0 bridgehead atoms. The van der Waals surface area contributed by atoms with E-state index in [2.05, 4.69) is 26.2 Å². The van der Waals surface area contributed by atoms with Gasteiger partial charge in [-0.15, -0.1) is 0 Å². The van der Waals surface area contributed by atoms with Gasteiger partial charge in [-0.25, -0.2) is 10.1 Å². The van der Waals surface area contributed by atoms with Crippen LogP contribution in [0.25, 0.3) is 0 Å². The minimum Gasteiger partial charge on any atom is -0.365 e. The average Bonchev–Trinajstić information content (AvgIpc) is 2.57. The van der Waals surface area contributed by atoms with Crippen molar-refractivity contribution in [2.45, 2.75) is 0 Å². The zero-order valence-corrected chi connectivity index (χ0v) is 12.4. The van der Waals surface area contributed by atoms with Crippen molar-refractivity contribution < 1.29 is 0 Å². The number of aromatic amines is 1. The van der Waals surface area contributed by atoms with E-state index < -0.39 is 5.56 Å². The number of H-pyrrole nitrogens is 1. The number of pyridine rings is 1. The van der Waals surface area contributed by atoms with Crippen molar-refractivity contribution in [2.75, 3.05) is 36.0 Å². The van der Waals surface area contributed by atoms with Gasteiger partial charge in [0.15, 0.2) is 0 Å². The zero-order valence-electron chi connectivity index (χ0n) is 11.7. The van der Waals surface area contributed by atoms with E-state index in [-0.39, 0.29) is 5.02 Å². The van der Waals surface area contributed by atoms with Gasteiger partial charge in [-0.2, -0.15) is 10.4 Å². The molecule has 1 N–H and O–H groups in total. The van der Waals surface area contributed by atoms with Crippen LogP contribution in [-0.4, -0.2) is 41.4 Å². The number of aromatic nitrogens is 3. The summed E-state index contributed by atoms with van der Waals surface area (Å²) in [4.78, 5) is 19.9. The van der Waals surface area contributed by atoms with E-state index in [1.165, 1.54) is 0 Å². The van der Waals surface area contributed by atoms with E-state index in [1.807, 2.05) is 4.90 Å². The van der Waals surface area contributed by atoms with Gasteiger partial charge < -0.3 is 9.80 Å². The topological polar surface area (TPSA) is 88.9 Å². The van der Waals surface area contributed by atoms with Crippen LogP contribution in [-0.2, 0) is 0 Å². The molecule has 8 heteroatoms. The number of nitrogens with zero attached hydrogens (tertiary/aromatic N) is 5. The van der Waals surface area contributed by atoms with Crippen LogP contribution in [0.4, 0.5) is 11.5 Å². The molecule has 2 aromatic heterocycles. The van der Waals surface area contributed by atoms with E-state index in [0.717, 1.165) is 0 Å². The minimum absolute atomic E-state index is 0.152. The summed E-state index contributed by atoms with van der Waals surface area (Å²) in [5.41, 5.74) is 0.802. The maximum Gasteiger partial charge on any atom is 0.285 e. The molecule has 1 saturated heterocycles. The Balaban J connectivity index is 1.77. The van der Waals surface area contributed by atoms with Gasteiger partial charge in [0.05, 0.1) is 17.4 Å². The first-order valence-corrected chi connectivity index (χ1v) is 7.16. The van der Waals surface area contributed by atoms with Crippen LogP contribution in [0.3, 0.4) is 0 Å². The molecule has 0 saturated carbocycles. The maximum atomic E-state index is 11.5. The second-order valence-corrected chi connectivity index (χ2v) is 5.24. The fourth-order valence-corrected chi connectivity index (χ4v) is 2.70. The van der Waals surface area contributed by atoms with Crippen LogP contribution in [0.5, 0.6) is 0 Å². The molecule has 3 heterocycles. The predicted molar refractivity (Wildman–Crippen MR) is 83.2 cm³/mol. The van der Waals surface area contributed by atoms with E-state index in [9.17, 15) is 4.79 Å². The fourth-order valence-electron chi connectivity index (χ4n) is 2.49. The first-order chi connectivity index (χ1) is 10.7. The zero-order chi connectivity index (χ0) is 15.5. The van der Waals surface area contributed by atoms with Crippen molar-refractivity contribution in [1.82, 2.24) is 15.2 Å². The third-order valence-corrected chi connectivity index (χ3v) is 3.97. The Bertz CT molecular complexity index is 775. The lowest BCUT2D eigenvalue weighted by atomic mass is 10.2. The average molecular weight is 317 g/mol. The molecular formula is C14H13ClN6O. The number of rotatable bonds is 2. The minimum atomic E-state index is -0.391. The SMILES string of the molecule is N#Cc1cccnc1N1CCN(c2cn[nH]c(=O)c2Cl)CC1. The highest BCUT2D eigenvalue weighted by atomic mass is 35.5. The van der Waals surface area contributed by atoms with Gasteiger partial charge in [-0.05, 0) is 12.1 Å². The van der Waals surface area contributed by atoms with E-state index in [0.29, 0.717) is 43.2 Å². The molecule has 1 aliphatic rings. The largest absolute Gasteiger partial charge is 0.365 e. The number of hydrogen-bond acceptors (Lipinski definition) is 6. The molecule has 0 aliphatic carbocycles. The van der Waals surface area contributed by atoms with Crippen LogP contribution in [0, 0.1) is 11.3 Å². The summed E-state index contributed by atoms with van der Waals surface area (Å²) in [7, 11) is 0. The molecular weight excluding hydrogens is 304 g/mol. The Labute approximate surface area is 131 Å². The summed E-state index contributed by atoms with van der Waals surface area (Å²) in [6.07, 6.45) is 3.24. The van der Waals surface area contributed by atoms with Gasteiger partial charge in [0.25, 0.3) is 5.56 Å². The summed E-state index contributed by atoms with van der Waals surface area (Å²) in [6.45, 7) is 2.72. The fraction of sp³-hybridized carbons (Fsp3) is 0.286. The molecule has 0 radical (unpaired) electrons. The van der Waals surface area contributed by atoms with Crippen molar-refractivity contribution >= 4 is 23.1 Å². The summed E-state index contributed by atoms with van der Waals surface area (Å²) < 4.78 is 0. The molecule has 0 amide bonds. The Hall–Kier alpha value is -2.59. The van der Waals surface area contributed by atoms with E-state index in [4.69, 9.17) is 16.9 Å². The lowest BCUT2D eigenvalue weighted by molar-refractivity contribution is 0.645. The van der Waals surface area contributed by atoms with E-state index >= 15 is 0 Å². The highest BCUT2D eigenvalue weighted by molar-refractivity contribution is 6.33. The second-order valence-electron chi connectivity index (χ2n) is 4.86. The Morgan fingerprint density at radius 3 is 2.73 bits per heavy atom. The van der Waals surface area contributed by atoms with Crippen molar-refractivity contribution in [3.05, 3.63) is 45.5 Å². The Morgan fingerprint density at radius 2 is 2.00 bits per heavy atom. The molecule has 0 atom stereocenters. The quantitative estimate of drug-likeness (QED) is 0.889. The third kappa shape index (κ3) is 2.61.